The van der Waals surface area contributed by atoms with Gasteiger partial charge < -0.3 is 0 Å². The van der Waals surface area contributed by atoms with Crippen molar-refractivity contribution < 1.29 is 36.3 Å². The van der Waals surface area contributed by atoms with E-state index in [1.807, 2.05) is 0 Å². The quantitative estimate of drug-likeness (QED) is 0.558. The second-order valence-corrected chi connectivity index (χ2v) is 3.09. The molecule has 16 heavy (non-hydrogen) atoms. The van der Waals surface area contributed by atoms with Crippen molar-refractivity contribution in [2.45, 2.75) is 25.9 Å². The molecule has 8 heteroatoms. The van der Waals surface area contributed by atoms with Gasteiger partial charge in [0.05, 0.1) is 0 Å². The number of carbonyl (C=O) groups is 3. The van der Waals surface area contributed by atoms with E-state index < -0.39 is 35.4 Å². The van der Waals surface area contributed by atoms with Gasteiger partial charge in [0.15, 0.2) is 0 Å². The molecule has 0 saturated heterocycles. The lowest BCUT2D eigenvalue weighted by molar-refractivity contribution is -0.269. The number of hydrogen-bond donors (Lipinski definition) is 0. The third-order valence-corrected chi connectivity index (χ3v) is 1.74. The van der Waals surface area contributed by atoms with E-state index in [4.69, 9.17) is 0 Å². The van der Waals surface area contributed by atoms with Gasteiger partial charge in [0.25, 0.3) is 0 Å². The molecule has 0 aromatic heterocycles. The van der Waals surface area contributed by atoms with Crippen molar-refractivity contribution in [1.82, 2.24) is 0 Å². The lowest BCUT2D eigenvalue weighted by atomic mass is 9.91. The Morgan fingerprint density at radius 3 is 1.38 bits per heavy atom. The Morgan fingerprint density at radius 1 is 0.875 bits per heavy atom. The second kappa shape index (κ2) is 4.26. The molecule has 0 atom stereocenters. The van der Waals surface area contributed by atoms with Crippen LogP contribution in [0.2, 0.25) is 0 Å². The molecule has 0 aliphatic rings. The van der Waals surface area contributed by atoms with Crippen LogP contribution in [0.5, 0.6) is 0 Å². The Hall–Kier alpha value is -1.34. The van der Waals surface area contributed by atoms with Crippen LogP contribution in [-0.2, 0) is 14.4 Å². The summed E-state index contributed by atoms with van der Waals surface area (Å²) in [4.78, 5) is 32.1. The summed E-state index contributed by atoms with van der Waals surface area (Å²) in [6.07, 6.45) is -6.12. The van der Waals surface area contributed by atoms with Crippen LogP contribution in [0.15, 0.2) is 0 Å². The maximum absolute atomic E-state index is 12.5. The fourth-order valence-corrected chi connectivity index (χ4v) is 0.976. The topological polar surface area (TPSA) is 51.2 Å². The molecule has 0 amide bonds. The summed E-state index contributed by atoms with van der Waals surface area (Å²) in [6.45, 7) is 1.19. The third kappa shape index (κ3) is 2.61. The number of rotatable bonds is 4. The zero-order valence-corrected chi connectivity index (χ0v) is 8.19. The molecular formula is C8H7F5O3. The van der Waals surface area contributed by atoms with Gasteiger partial charge >= 0.3 is 12.1 Å². The first-order chi connectivity index (χ1) is 6.93. The van der Waals surface area contributed by atoms with Gasteiger partial charge in [-0.3, -0.25) is 14.4 Å². The number of ketones is 3. The number of Topliss-reactive ketones (excluding diaryl/α,β-unsaturated/α-hetero) is 3. The minimum atomic E-state index is -6.12. The smallest absolute Gasteiger partial charge is 0.299 e. The van der Waals surface area contributed by atoms with Gasteiger partial charge in [-0.2, -0.15) is 22.0 Å². The molecule has 0 spiro atoms. The van der Waals surface area contributed by atoms with Gasteiger partial charge in [0.1, 0.15) is 17.5 Å². The van der Waals surface area contributed by atoms with E-state index in [0.717, 1.165) is 0 Å². The van der Waals surface area contributed by atoms with Gasteiger partial charge in [-0.15, -0.1) is 0 Å². The molecule has 0 aromatic rings. The van der Waals surface area contributed by atoms with Crippen LogP contribution in [0.25, 0.3) is 0 Å². The van der Waals surface area contributed by atoms with Crippen LogP contribution in [0.4, 0.5) is 22.0 Å². The van der Waals surface area contributed by atoms with Gasteiger partial charge in [-0.25, -0.2) is 0 Å². The van der Waals surface area contributed by atoms with Crippen LogP contribution < -0.4 is 0 Å². The van der Waals surface area contributed by atoms with Crippen LogP contribution in [0, 0.1) is 5.92 Å². The lowest BCUT2D eigenvalue weighted by Crippen LogP contribution is -2.50. The number of halogens is 5. The Kier molecular flexibility index (Phi) is 3.91. The molecule has 0 bridgehead atoms. The maximum atomic E-state index is 12.5. The normalized spacial score (nSPS) is 12.8. The number of carbonyl (C=O) groups excluding carboxylic acids is 3. The Balaban J connectivity index is 5.34. The van der Waals surface area contributed by atoms with E-state index in [1.54, 1.807) is 0 Å². The van der Waals surface area contributed by atoms with Crippen molar-refractivity contribution >= 4 is 17.3 Å². The molecule has 0 aliphatic carbocycles. The average Bonchev–Trinajstić information content (AvgIpc) is 1.99. The Morgan fingerprint density at radius 2 is 1.19 bits per heavy atom. The van der Waals surface area contributed by atoms with E-state index >= 15 is 0 Å². The molecule has 0 unspecified atom stereocenters. The summed E-state index contributed by atoms with van der Waals surface area (Å²) in [5.41, 5.74) is 0. The van der Waals surface area contributed by atoms with Gasteiger partial charge in [0, 0.05) is 0 Å². The highest BCUT2D eigenvalue weighted by molar-refractivity contribution is 6.20. The molecule has 0 radical (unpaired) electrons. The van der Waals surface area contributed by atoms with Crippen molar-refractivity contribution in [2.75, 3.05) is 0 Å². The minimum absolute atomic E-state index is 0.594. The summed E-state index contributed by atoms with van der Waals surface area (Å²) in [7, 11) is 0. The molecule has 3 nitrogen and oxygen atoms in total. The van der Waals surface area contributed by atoms with Crippen molar-refractivity contribution in [3.63, 3.8) is 0 Å². The highest BCUT2D eigenvalue weighted by atomic mass is 19.4. The zero-order valence-electron chi connectivity index (χ0n) is 8.19. The largest absolute Gasteiger partial charge is 0.461 e. The molecule has 0 aromatic carbocycles. The van der Waals surface area contributed by atoms with E-state index in [-0.39, 0.29) is 0 Å². The SMILES string of the molecule is CC(=O)C(C(C)=O)C(=O)C(F)(F)C(F)(F)F. The van der Waals surface area contributed by atoms with Crippen LogP contribution in [0.3, 0.4) is 0 Å². The fourth-order valence-electron chi connectivity index (χ4n) is 0.976. The average molecular weight is 246 g/mol. The second-order valence-electron chi connectivity index (χ2n) is 3.09. The van der Waals surface area contributed by atoms with Crippen molar-refractivity contribution in [3.05, 3.63) is 0 Å². The lowest BCUT2D eigenvalue weighted by Gasteiger charge is -2.20. The van der Waals surface area contributed by atoms with Crippen molar-refractivity contribution in [1.29, 1.82) is 0 Å². The standard InChI is InChI=1S/C8H7F5O3/c1-3(14)5(4(2)15)6(16)7(9,10)8(11,12)13/h5H,1-2H3. The van der Waals surface area contributed by atoms with Crippen LogP contribution in [0.1, 0.15) is 13.8 Å². The number of hydrogen-bond acceptors (Lipinski definition) is 3. The Labute approximate surface area is 86.6 Å². The molecule has 92 valence electrons. The molecule has 0 rings (SSSR count). The van der Waals surface area contributed by atoms with Crippen molar-refractivity contribution in [3.8, 4) is 0 Å². The molecule has 0 heterocycles. The molecule has 0 N–H and O–H groups in total. The predicted octanol–water partition coefficient (Wildman–Crippen LogP) is 1.55. The monoisotopic (exact) mass is 246 g/mol. The summed E-state index contributed by atoms with van der Waals surface area (Å²) in [6, 6.07) is 0. The Bertz CT molecular complexity index is 317. The summed E-state index contributed by atoms with van der Waals surface area (Å²) in [5.74, 6) is -13.7. The van der Waals surface area contributed by atoms with E-state index in [1.165, 1.54) is 0 Å². The van der Waals surface area contributed by atoms with Gasteiger partial charge in [0.2, 0.25) is 5.78 Å². The van der Waals surface area contributed by atoms with E-state index in [2.05, 4.69) is 0 Å². The van der Waals surface area contributed by atoms with Crippen LogP contribution in [-0.4, -0.2) is 29.4 Å². The third-order valence-electron chi connectivity index (χ3n) is 1.74. The zero-order chi connectivity index (χ0) is 13.3. The highest BCUT2D eigenvalue weighted by Crippen LogP contribution is 2.38. The molecular weight excluding hydrogens is 239 g/mol. The van der Waals surface area contributed by atoms with E-state index in [0.29, 0.717) is 13.8 Å². The summed E-state index contributed by atoms with van der Waals surface area (Å²) < 4.78 is 60.4. The predicted molar refractivity (Wildman–Crippen MR) is 40.9 cm³/mol. The fraction of sp³-hybridized carbons (Fsp3) is 0.625. The van der Waals surface area contributed by atoms with Gasteiger partial charge in [-0.05, 0) is 13.8 Å². The number of alkyl halides is 5. The highest BCUT2D eigenvalue weighted by Gasteiger charge is 2.65. The molecule has 0 saturated carbocycles. The first-order valence-electron chi connectivity index (χ1n) is 3.92. The van der Waals surface area contributed by atoms with E-state index in [9.17, 15) is 36.3 Å². The molecule has 0 fully saturated rings. The first kappa shape index (κ1) is 14.7. The minimum Gasteiger partial charge on any atom is -0.299 e. The molecule has 0 aliphatic heterocycles. The maximum Gasteiger partial charge on any atom is 0.461 e. The summed E-state index contributed by atoms with van der Waals surface area (Å²) >= 11 is 0. The first-order valence-corrected chi connectivity index (χ1v) is 3.92. The van der Waals surface area contributed by atoms with Gasteiger partial charge in [-0.1, -0.05) is 0 Å². The summed E-state index contributed by atoms with van der Waals surface area (Å²) in [5, 5.41) is 0. The van der Waals surface area contributed by atoms with Crippen molar-refractivity contribution in [2.24, 2.45) is 5.92 Å². The van der Waals surface area contributed by atoms with Crippen LogP contribution >= 0.6 is 0 Å².